The Morgan fingerprint density at radius 2 is 2.00 bits per heavy atom. The van der Waals surface area contributed by atoms with E-state index in [0.717, 1.165) is 38.0 Å². The van der Waals surface area contributed by atoms with Crippen molar-refractivity contribution in [1.29, 1.82) is 0 Å². The van der Waals surface area contributed by atoms with E-state index in [9.17, 15) is 0 Å². The van der Waals surface area contributed by atoms with Gasteiger partial charge in [0.25, 0.3) is 0 Å². The molecule has 2 aromatic rings. The van der Waals surface area contributed by atoms with Gasteiger partial charge in [-0.1, -0.05) is 30.3 Å². The zero-order valence-electron chi connectivity index (χ0n) is 10.6. The van der Waals surface area contributed by atoms with Crippen molar-refractivity contribution in [1.82, 2.24) is 9.78 Å². The normalized spacial score (nSPS) is 13.8. The molecule has 3 nitrogen and oxygen atoms in total. The summed E-state index contributed by atoms with van der Waals surface area (Å²) in [6.07, 6.45) is 5.61. The van der Waals surface area contributed by atoms with Crippen molar-refractivity contribution in [2.75, 3.05) is 5.73 Å². The van der Waals surface area contributed by atoms with E-state index in [1.807, 2.05) is 4.68 Å². The van der Waals surface area contributed by atoms with Crippen molar-refractivity contribution < 1.29 is 0 Å². The van der Waals surface area contributed by atoms with Crippen LogP contribution < -0.4 is 5.73 Å². The number of anilines is 1. The van der Waals surface area contributed by atoms with E-state index >= 15 is 0 Å². The summed E-state index contributed by atoms with van der Waals surface area (Å²) in [5.74, 6) is 0.899. The van der Waals surface area contributed by atoms with Crippen LogP contribution in [0.4, 0.5) is 5.82 Å². The van der Waals surface area contributed by atoms with Crippen LogP contribution in [0.2, 0.25) is 0 Å². The summed E-state index contributed by atoms with van der Waals surface area (Å²) in [5, 5.41) is 4.61. The van der Waals surface area contributed by atoms with Crippen molar-refractivity contribution in [2.24, 2.45) is 0 Å². The molecule has 1 aromatic heterocycles. The van der Waals surface area contributed by atoms with Gasteiger partial charge in [-0.2, -0.15) is 5.10 Å². The molecule has 0 saturated heterocycles. The number of nitrogens with two attached hydrogens (primary N) is 1. The van der Waals surface area contributed by atoms with Crippen molar-refractivity contribution in [2.45, 2.75) is 38.6 Å². The van der Waals surface area contributed by atoms with Crippen LogP contribution in [0, 0.1) is 0 Å². The minimum Gasteiger partial charge on any atom is -0.384 e. The number of hydrogen-bond acceptors (Lipinski definition) is 2. The monoisotopic (exact) mass is 241 g/mol. The molecule has 1 aliphatic carbocycles. The van der Waals surface area contributed by atoms with Gasteiger partial charge in [0.2, 0.25) is 0 Å². The van der Waals surface area contributed by atoms with E-state index in [2.05, 4.69) is 35.4 Å². The van der Waals surface area contributed by atoms with Crippen LogP contribution in [0.25, 0.3) is 0 Å². The van der Waals surface area contributed by atoms with Gasteiger partial charge in [0, 0.05) is 12.1 Å². The molecule has 2 N–H and O–H groups in total. The number of fused-ring (bicyclic) bond motifs is 1. The average molecular weight is 241 g/mol. The highest BCUT2D eigenvalue weighted by Crippen LogP contribution is 2.26. The summed E-state index contributed by atoms with van der Waals surface area (Å²) in [7, 11) is 0. The maximum absolute atomic E-state index is 6.13. The summed E-state index contributed by atoms with van der Waals surface area (Å²) in [6, 6.07) is 10.6. The van der Waals surface area contributed by atoms with Crippen molar-refractivity contribution in [3.63, 3.8) is 0 Å². The highest BCUT2D eigenvalue weighted by molar-refractivity contribution is 5.45. The lowest BCUT2D eigenvalue weighted by Crippen LogP contribution is -2.07. The largest absolute Gasteiger partial charge is 0.384 e. The van der Waals surface area contributed by atoms with Crippen molar-refractivity contribution >= 4 is 5.82 Å². The van der Waals surface area contributed by atoms with E-state index in [0.29, 0.717) is 0 Å². The zero-order valence-corrected chi connectivity index (χ0v) is 10.6. The molecule has 0 atom stereocenters. The van der Waals surface area contributed by atoms with Crippen molar-refractivity contribution in [3.05, 3.63) is 47.2 Å². The molecule has 3 heteroatoms. The Labute approximate surface area is 108 Å². The molecular formula is C15H19N3. The number of aromatic nitrogens is 2. The van der Waals surface area contributed by atoms with Crippen LogP contribution in [0.1, 0.15) is 29.7 Å². The number of rotatable bonds is 4. The number of nitrogen functional groups attached to an aromatic ring is 1. The lowest BCUT2D eigenvalue weighted by atomic mass is 10.1. The number of nitrogens with zero attached hydrogens (tertiary/aromatic N) is 2. The number of benzene rings is 1. The first-order valence-electron chi connectivity index (χ1n) is 6.72. The molecule has 0 saturated carbocycles. The fraction of sp³-hybridized carbons (Fsp3) is 0.400. The fourth-order valence-corrected chi connectivity index (χ4v) is 2.72. The van der Waals surface area contributed by atoms with Gasteiger partial charge in [-0.25, -0.2) is 4.68 Å². The van der Waals surface area contributed by atoms with E-state index in [4.69, 9.17) is 5.73 Å². The second-order valence-corrected chi connectivity index (χ2v) is 4.98. The first-order chi connectivity index (χ1) is 8.84. The Bertz CT molecular complexity index is 528. The van der Waals surface area contributed by atoms with Crippen LogP contribution in [0.15, 0.2) is 30.3 Å². The lowest BCUT2D eigenvalue weighted by Gasteiger charge is -2.05. The first kappa shape index (κ1) is 11.3. The molecule has 1 heterocycles. The Morgan fingerprint density at radius 1 is 1.17 bits per heavy atom. The van der Waals surface area contributed by atoms with Gasteiger partial charge in [-0.3, -0.25) is 0 Å². The standard InChI is InChI=1S/C15H19N3/c16-15-13-9-4-10-14(13)17-18(15)11-5-8-12-6-2-1-3-7-12/h1-3,6-7H,4-5,8-11,16H2. The second-order valence-electron chi connectivity index (χ2n) is 4.98. The van der Waals surface area contributed by atoms with E-state index < -0.39 is 0 Å². The molecule has 0 fully saturated rings. The highest BCUT2D eigenvalue weighted by Gasteiger charge is 2.19. The van der Waals surface area contributed by atoms with Gasteiger partial charge in [-0.15, -0.1) is 0 Å². The Hall–Kier alpha value is -1.77. The van der Waals surface area contributed by atoms with Crippen LogP contribution >= 0.6 is 0 Å². The molecule has 0 amide bonds. The summed E-state index contributed by atoms with van der Waals surface area (Å²) in [5.41, 5.74) is 10.0. The highest BCUT2D eigenvalue weighted by atomic mass is 15.3. The first-order valence-corrected chi connectivity index (χ1v) is 6.72. The Morgan fingerprint density at radius 3 is 2.78 bits per heavy atom. The molecule has 94 valence electrons. The third-order valence-corrected chi connectivity index (χ3v) is 3.70. The summed E-state index contributed by atoms with van der Waals surface area (Å²) < 4.78 is 1.99. The number of hydrogen-bond donors (Lipinski definition) is 1. The Kier molecular flexibility index (Phi) is 3.05. The zero-order chi connectivity index (χ0) is 12.4. The van der Waals surface area contributed by atoms with Crippen LogP contribution in [0.5, 0.6) is 0 Å². The predicted molar refractivity (Wildman–Crippen MR) is 73.4 cm³/mol. The van der Waals surface area contributed by atoms with Gasteiger partial charge in [0.05, 0.1) is 5.69 Å². The summed E-state index contributed by atoms with van der Waals surface area (Å²) >= 11 is 0. The molecule has 1 aliphatic rings. The van der Waals surface area contributed by atoms with Crippen LogP contribution in [-0.4, -0.2) is 9.78 Å². The molecule has 0 aliphatic heterocycles. The molecule has 3 rings (SSSR count). The molecule has 18 heavy (non-hydrogen) atoms. The topological polar surface area (TPSA) is 43.8 Å². The molecule has 0 spiro atoms. The quantitative estimate of drug-likeness (QED) is 0.894. The third kappa shape index (κ3) is 2.13. The van der Waals surface area contributed by atoms with Gasteiger partial charge >= 0.3 is 0 Å². The minimum absolute atomic E-state index is 0.899. The van der Waals surface area contributed by atoms with E-state index in [1.165, 1.54) is 23.2 Å². The maximum atomic E-state index is 6.13. The summed E-state index contributed by atoms with van der Waals surface area (Å²) in [4.78, 5) is 0. The molecular weight excluding hydrogens is 222 g/mol. The number of aryl methyl sites for hydroxylation is 3. The summed E-state index contributed by atoms with van der Waals surface area (Å²) in [6.45, 7) is 0.924. The fourth-order valence-electron chi connectivity index (χ4n) is 2.72. The van der Waals surface area contributed by atoms with Gasteiger partial charge in [0.1, 0.15) is 5.82 Å². The SMILES string of the molecule is Nc1c2c(nn1CCCc1ccccc1)CCC2. The van der Waals surface area contributed by atoms with Gasteiger partial charge in [-0.05, 0) is 37.7 Å². The molecule has 0 unspecified atom stereocenters. The predicted octanol–water partition coefficient (Wildman–Crippen LogP) is 2.59. The smallest absolute Gasteiger partial charge is 0.125 e. The van der Waals surface area contributed by atoms with Crippen molar-refractivity contribution in [3.8, 4) is 0 Å². The second kappa shape index (κ2) is 4.84. The average Bonchev–Trinajstić information content (AvgIpc) is 2.96. The van der Waals surface area contributed by atoms with Crippen LogP contribution in [-0.2, 0) is 25.8 Å². The molecule has 0 radical (unpaired) electrons. The third-order valence-electron chi connectivity index (χ3n) is 3.70. The molecule has 0 bridgehead atoms. The van der Waals surface area contributed by atoms with E-state index in [1.54, 1.807) is 0 Å². The molecule has 1 aromatic carbocycles. The maximum Gasteiger partial charge on any atom is 0.125 e. The minimum atomic E-state index is 0.899. The van der Waals surface area contributed by atoms with E-state index in [-0.39, 0.29) is 0 Å². The van der Waals surface area contributed by atoms with Crippen LogP contribution in [0.3, 0.4) is 0 Å². The Balaban J connectivity index is 1.61. The lowest BCUT2D eigenvalue weighted by molar-refractivity contribution is 0.576. The van der Waals surface area contributed by atoms with Gasteiger partial charge < -0.3 is 5.73 Å². The van der Waals surface area contributed by atoms with Gasteiger partial charge in [0.15, 0.2) is 0 Å².